The Kier molecular flexibility index (Phi) is 5.19. The smallest absolute Gasteiger partial charge is 0.119 e. The van der Waals surface area contributed by atoms with Crippen molar-refractivity contribution >= 4 is 33.1 Å². The zero-order chi connectivity index (χ0) is 13.8. The molecule has 0 spiro atoms. The number of hydrogen-bond donors (Lipinski definition) is 1. The monoisotopic (exact) mass is 342 g/mol. The second-order valence-corrected chi connectivity index (χ2v) is 6.25. The average molecular weight is 343 g/mol. The summed E-state index contributed by atoms with van der Waals surface area (Å²) in [5.74, 6) is 0.892. The molecule has 1 fully saturated rings. The Hall–Kier alpha value is -0.650. The lowest BCUT2D eigenvalue weighted by molar-refractivity contribution is 0.262. The molecular weight excluding hydrogens is 324 g/mol. The highest BCUT2D eigenvalue weighted by Gasteiger charge is 2.29. The third-order valence-corrected chi connectivity index (χ3v) is 4.31. The van der Waals surface area contributed by atoms with Crippen LogP contribution in [0.4, 0.5) is 0 Å². The summed E-state index contributed by atoms with van der Waals surface area (Å²) in [5.41, 5.74) is 6.85. The van der Waals surface area contributed by atoms with Crippen LogP contribution in [0.1, 0.15) is 24.8 Å². The third-order valence-electron chi connectivity index (χ3n) is 3.34. The zero-order valence-corrected chi connectivity index (χ0v) is 13.5. The number of rotatable bonds is 7. The van der Waals surface area contributed by atoms with Crippen molar-refractivity contribution in [2.24, 2.45) is 5.73 Å². The Labute approximate surface area is 128 Å². The summed E-state index contributed by atoms with van der Waals surface area (Å²) in [4.78, 5) is 3.05. The number of thiocarbonyl (C=S) groups is 1. The van der Waals surface area contributed by atoms with E-state index in [1.54, 1.807) is 7.11 Å². The number of nitrogens with two attached hydrogens (primary N) is 1. The molecule has 0 saturated heterocycles. The Balaban J connectivity index is 2.05. The molecule has 1 aromatic carbocycles. The molecule has 0 aromatic heterocycles. The Morgan fingerprint density at radius 2 is 2.26 bits per heavy atom. The van der Waals surface area contributed by atoms with E-state index < -0.39 is 0 Å². The van der Waals surface area contributed by atoms with Gasteiger partial charge in [-0.1, -0.05) is 28.1 Å². The number of hydrogen-bond acceptors (Lipinski definition) is 3. The molecule has 0 amide bonds. The summed E-state index contributed by atoms with van der Waals surface area (Å²) in [7, 11) is 1.69. The molecular formula is C14H19BrN2OS. The van der Waals surface area contributed by atoms with Gasteiger partial charge in [0.1, 0.15) is 5.75 Å². The lowest BCUT2D eigenvalue weighted by atomic mass is 10.2. The van der Waals surface area contributed by atoms with E-state index in [0.717, 1.165) is 29.7 Å². The molecule has 1 aromatic rings. The van der Waals surface area contributed by atoms with Gasteiger partial charge in [-0.25, -0.2) is 0 Å². The molecule has 0 bridgehead atoms. The highest BCUT2D eigenvalue weighted by atomic mass is 79.9. The molecule has 0 heterocycles. The molecule has 19 heavy (non-hydrogen) atoms. The first-order valence-electron chi connectivity index (χ1n) is 6.45. The molecule has 104 valence electrons. The van der Waals surface area contributed by atoms with Crippen LogP contribution in [0.3, 0.4) is 0 Å². The van der Waals surface area contributed by atoms with Gasteiger partial charge in [0.05, 0.1) is 12.1 Å². The quantitative estimate of drug-likeness (QED) is 0.772. The van der Waals surface area contributed by atoms with Gasteiger partial charge >= 0.3 is 0 Å². The predicted octanol–water partition coefficient (Wildman–Crippen LogP) is 3.10. The summed E-state index contributed by atoms with van der Waals surface area (Å²) in [6, 6.07) is 6.77. The minimum Gasteiger partial charge on any atom is -0.497 e. The number of benzene rings is 1. The minimum atomic E-state index is 0.593. The Morgan fingerprint density at radius 1 is 1.53 bits per heavy atom. The van der Waals surface area contributed by atoms with E-state index in [9.17, 15) is 0 Å². The van der Waals surface area contributed by atoms with Crippen LogP contribution in [0.5, 0.6) is 5.75 Å². The van der Waals surface area contributed by atoms with Crippen LogP contribution < -0.4 is 10.5 Å². The second kappa shape index (κ2) is 6.68. The lowest BCUT2D eigenvalue weighted by Crippen LogP contribution is -2.29. The fraction of sp³-hybridized carbons (Fsp3) is 0.500. The molecule has 0 unspecified atom stereocenters. The van der Waals surface area contributed by atoms with Crippen molar-refractivity contribution in [1.82, 2.24) is 4.90 Å². The van der Waals surface area contributed by atoms with Crippen molar-refractivity contribution in [2.75, 3.05) is 13.7 Å². The lowest BCUT2D eigenvalue weighted by Gasteiger charge is -2.22. The third kappa shape index (κ3) is 4.44. The van der Waals surface area contributed by atoms with Gasteiger partial charge in [-0.15, -0.1) is 0 Å². The minimum absolute atomic E-state index is 0.593. The van der Waals surface area contributed by atoms with Crippen LogP contribution in [0.2, 0.25) is 0 Å². The van der Waals surface area contributed by atoms with E-state index in [-0.39, 0.29) is 0 Å². The van der Waals surface area contributed by atoms with Crippen molar-refractivity contribution in [3.8, 4) is 5.75 Å². The van der Waals surface area contributed by atoms with E-state index in [1.807, 2.05) is 12.1 Å². The number of halogens is 1. The molecule has 2 rings (SSSR count). The molecule has 3 nitrogen and oxygen atoms in total. The number of nitrogens with zero attached hydrogens (tertiary/aromatic N) is 1. The van der Waals surface area contributed by atoms with Gasteiger partial charge in [-0.05, 0) is 36.6 Å². The zero-order valence-electron chi connectivity index (χ0n) is 11.1. The topological polar surface area (TPSA) is 38.5 Å². The summed E-state index contributed by atoms with van der Waals surface area (Å²) < 4.78 is 6.41. The second-order valence-electron chi connectivity index (χ2n) is 4.88. The van der Waals surface area contributed by atoms with Gasteiger partial charge in [0, 0.05) is 30.0 Å². The maximum absolute atomic E-state index is 5.61. The maximum Gasteiger partial charge on any atom is 0.119 e. The molecule has 0 aliphatic heterocycles. The summed E-state index contributed by atoms with van der Waals surface area (Å²) in [5, 5.41) is 0. The van der Waals surface area contributed by atoms with E-state index in [0.29, 0.717) is 11.0 Å². The molecule has 0 atom stereocenters. The van der Waals surface area contributed by atoms with Gasteiger partial charge < -0.3 is 10.5 Å². The van der Waals surface area contributed by atoms with Crippen molar-refractivity contribution in [3.05, 3.63) is 28.2 Å². The number of methoxy groups -OCH3 is 1. The first kappa shape index (κ1) is 14.8. The Morgan fingerprint density at radius 3 is 2.84 bits per heavy atom. The molecule has 1 saturated carbocycles. The standard InChI is InChI=1S/C14H19BrN2OS/c1-18-12-4-5-13(15)10(8-12)9-17(11-2-3-11)7-6-14(16)19/h4-5,8,11H,2-3,6-7,9H2,1H3,(H2,16,19). The first-order valence-corrected chi connectivity index (χ1v) is 7.65. The normalized spacial score (nSPS) is 14.7. The van der Waals surface area contributed by atoms with Gasteiger partial charge in [0.2, 0.25) is 0 Å². The predicted molar refractivity (Wildman–Crippen MR) is 85.5 cm³/mol. The summed E-state index contributed by atoms with van der Waals surface area (Å²) in [6.07, 6.45) is 3.34. The Bertz CT molecular complexity index is 463. The molecule has 1 aliphatic carbocycles. The van der Waals surface area contributed by atoms with E-state index in [2.05, 4.69) is 26.9 Å². The first-order chi connectivity index (χ1) is 9.10. The van der Waals surface area contributed by atoms with Gasteiger partial charge in [0.15, 0.2) is 0 Å². The van der Waals surface area contributed by atoms with Crippen LogP contribution in [0.25, 0.3) is 0 Å². The van der Waals surface area contributed by atoms with Crippen molar-refractivity contribution in [2.45, 2.75) is 31.8 Å². The molecule has 1 aliphatic rings. The summed E-state index contributed by atoms with van der Waals surface area (Å²) >= 11 is 8.58. The molecule has 0 radical (unpaired) electrons. The highest BCUT2D eigenvalue weighted by molar-refractivity contribution is 9.10. The van der Waals surface area contributed by atoms with E-state index in [4.69, 9.17) is 22.7 Å². The van der Waals surface area contributed by atoms with Crippen LogP contribution in [0, 0.1) is 0 Å². The van der Waals surface area contributed by atoms with Crippen molar-refractivity contribution < 1.29 is 4.74 Å². The van der Waals surface area contributed by atoms with Crippen LogP contribution in [-0.4, -0.2) is 29.6 Å². The van der Waals surface area contributed by atoms with Crippen LogP contribution in [-0.2, 0) is 6.54 Å². The van der Waals surface area contributed by atoms with Crippen LogP contribution >= 0.6 is 28.1 Å². The fourth-order valence-electron chi connectivity index (χ4n) is 2.10. The maximum atomic E-state index is 5.61. The highest BCUT2D eigenvalue weighted by Crippen LogP contribution is 2.31. The van der Waals surface area contributed by atoms with Gasteiger partial charge in [0.25, 0.3) is 0 Å². The van der Waals surface area contributed by atoms with Gasteiger partial charge in [-0.3, -0.25) is 4.90 Å². The van der Waals surface area contributed by atoms with E-state index >= 15 is 0 Å². The van der Waals surface area contributed by atoms with Crippen molar-refractivity contribution in [3.63, 3.8) is 0 Å². The largest absolute Gasteiger partial charge is 0.497 e. The van der Waals surface area contributed by atoms with Crippen LogP contribution in [0.15, 0.2) is 22.7 Å². The SMILES string of the molecule is COc1ccc(Br)c(CN(CCC(N)=S)C2CC2)c1. The van der Waals surface area contributed by atoms with E-state index in [1.165, 1.54) is 18.4 Å². The average Bonchev–Trinajstić information content (AvgIpc) is 3.20. The number of ether oxygens (including phenoxy) is 1. The molecule has 5 heteroatoms. The summed E-state index contributed by atoms with van der Waals surface area (Å²) in [6.45, 7) is 1.84. The fourth-order valence-corrected chi connectivity index (χ4v) is 2.57. The van der Waals surface area contributed by atoms with Crippen molar-refractivity contribution in [1.29, 1.82) is 0 Å². The molecule has 2 N–H and O–H groups in total. The van der Waals surface area contributed by atoms with Gasteiger partial charge in [-0.2, -0.15) is 0 Å².